The predicted octanol–water partition coefficient (Wildman–Crippen LogP) is 7.37. The van der Waals surface area contributed by atoms with Gasteiger partial charge in [0.2, 0.25) is 0 Å². The monoisotopic (exact) mass is 642 g/mol. The van der Waals surface area contributed by atoms with Gasteiger partial charge in [-0.25, -0.2) is 4.98 Å². The Morgan fingerprint density at radius 3 is 1.89 bits per heavy atom. The fourth-order valence-electron chi connectivity index (χ4n) is 5.80. The van der Waals surface area contributed by atoms with Gasteiger partial charge in [-0.3, -0.25) is 13.9 Å². The van der Waals surface area contributed by atoms with Crippen LogP contribution in [0.15, 0.2) is 47.5 Å². The molecule has 45 heavy (non-hydrogen) atoms. The minimum absolute atomic E-state index is 0.0322. The number of rotatable bonds is 22. The number of amides is 1. The van der Waals surface area contributed by atoms with Crippen molar-refractivity contribution in [3.63, 3.8) is 0 Å². The number of pyridine rings is 1. The van der Waals surface area contributed by atoms with Crippen LogP contribution in [0.4, 0.5) is 5.82 Å². The van der Waals surface area contributed by atoms with Gasteiger partial charge < -0.3 is 10.2 Å². The largest absolute Gasteiger partial charge is 0.354 e. The second kappa shape index (κ2) is 20.6. The minimum atomic E-state index is -3.64. The highest BCUT2D eigenvalue weighted by Gasteiger charge is 2.19. The molecule has 8 nitrogen and oxygen atoms in total. The molecule has 1 saturated heterocycles. The lowest BCUT2D eigenvalue weighted by atomic mass is 10.0. The molecule has 3 rings (SSSR count). The molecule has 1 N–H and O–H groups in total. The Balaban J connectivity index is 1.09. The molecule has 0 atom stereocenters. The smallest absolute Gasteiger partial charge is 0.296 e. The van der Waals surface area contributed by atoms with Gasteiger partial charge in [0.25, 0.3) is 16.0 Å². The third-order valence-electron chi connectivity index (χ3n) is 8.48. The molecule has 0 saturated carbocycles. The normalized spacial score (nSPS) is 14.3. The van der Waals surface area contributed by atoms with Gasteiger partial charge in [0.05, 0.1) is 17.1 Å². The van der Waals surface area contributed by atoms with E-state index in [0.29, 0.717) is 18.0 Å². The molecule has 1 aromatic carbocycles. The van der Waals surface area contributed by atoms with Crippen LogP contribution in [0, 0.1) is 12.8 Å². The SMILES string of the molecule is Cc1ccc(S(=O)(=O)OCCCCCCCCCCCCCCCNC(=O)c2ccc(N3CCN(CC(C)C)CC3)nc2)cc1. The number of hydrogen-bond acceptors (Lipinski definition) is 7. The van der Waals surface area contributed by atoms with Crippen LogP contribution in [0.2, 0.25) is 0 Å². The average Bonchev–Trinajstić information content (AvgIpc) is 3.03. The molecule has 0 unspecified atom stereocenters. The molecule has 252 valence electrons. The first-order chi connectivity index (χ1) is 21.7. The van der Waals surface area contributed by atoms with Crippen LogP contribution in [-0.4, -0.2) is 70.1 Å². The molecular weight excluding hydrogens is 584 g/mol. The zero-order valence-corrected chi connectivity index (χ0v) is 29.0. The van der Waals surface area contributed by atoms with Crippen molar-refractivity contribution in [2.24, 2.45) is 5.92 Å². The average molecular weight is 643 g/mol. The number of aryl methyl sites for hydroxylation is 1. The number of nitrogens with one attached hydrogen (secondary N) is 1. The van der Waals surface area contributed by atoms with Crippen molar-refractivity contribution in [3.05, 3.63) is 53.7 Å². The summed E-state index contributed by atoms with van der Waals surface area (Å²) in [6.45, 7) is 12.7. The number of carbonyl (C=O) groups excluding carboxylic acids is 1. The third kappa shape index (κ3) is 14.6. The fourth-order valence-corrected chi connectivity index (χ4v) is 6.74. The Hall–Kier alpha value is -2.49. The molecular formula is C36H58N4O4S. The molecule has 2 aromatic rings. The summed E-state index contributed by atoms with van der Waals surface area (Å²) in [5.41, 5.74) is 1.66. The summed E-state index contributed by atoms with van der Waals surface area (Å²) in [6.07, 6.45) is 16.8. The van der Waals surface area contributed by atoms with Crippen LogP contribution >= 0.6 is 0 Å². The van der Waals surface area contributed by atoms with Crippen molar-refractivity contribution in [2.45, 2.75) is 109 Å². The molecule has 0 bridgehead atoms. The molecule has 1 aliphatic rings. The lowest BCUT2D eigenvalue weighted by molar-refractivity contribution is 0.0952. The number of anilines is 1. The van der Waals surface area contributed by atoms with Crippen LogP contribution in [-0.2, 0) is 14.3 Å². The van der Waals surface area contributed by atoms with E-state index >= 15 is 0 Å². The van der Waals surface area contributed by atoms with Crippen molar-refractivity contribution < 1.29 is 17.4 Å². The number of unbranched alkanes of at least 4 members (excludes halogenated alkanes) is 12. The van der Waals surface area contributed by atoms with Crippen molar-refractivity contribution in [1.82, 2.24) is 15.2 Å². The maximum atomic E-state index is 12.5. The van der Waals surface area contributed by atoms with E-state index in [1.54, 1.807) is 30.5 Å². The first-order valence-corrected chi connectivity index (χ1v) is 18.8. The van der Waals surface area contributed by atoms with E-state index in [9.17, 15) is 13.2 Å². The van der Waals surface area contributed by atoms with E-state index < -0.39 is 10.1 Å². The van der Waals surface area contributed by atoms with Crippen LogP contribution in [0.3, 0.4) is 0 Å². The minimum Gasteiger partial charge on any atom is -0.354 e. The van der Waals surface area contributed by atoms with E-state index in [4.69, 9.17) is 4.18 Å². The van der Waals surface area contributed by atoms with E-state index in [0.717, 1.165) is 76.2 Å². The predicted molar refractivity (Wildman–Crippen MR) is 184 cm³/mol. The first kappa shape index (κ1) is 37.0. The summed E-state index contributed by atoms with van der Waals surface area (Å²) in [5.74, 6) is 1.62. The molecule has 9 heteroatoms. The highest BCUT2D eigenvalue weighted by atomic mass is 32.2. The van der Waals surface area contributed by atoms with Gasteiger partial charge in [-0.2, -0.15) is 8.42 Å². The Morgan fingerprint density at radius 2 is 1.36 bits per heavy atom. The number of piperazine rings is 1. The van der Waals surface area contributed by atoms with E-state index in [1.807, 2.05) is 19.1 Å². The fraction of sp³-hybridized carbons (Fsp3) is 0.667. The number of benzene rings is 1. The summed E-state index contributed by atoms with van der Waals surface area (Å²) in [7, 11) is -3.64. The molecule has 1 fully saturated rings. The van der Waals surface area contributed by atoms with E-state index in [1.165, 1.54) is 51.4 Å². The number of hydrogen-bond donors (Lipinski definition) is 1. The maximum Gasteiger partial charge on any atom is 0.296 e. The first-order valence-electron chi connectivity index (χ1n) is 17.4. The number of carbonyl (C=O) groups is 1. The molecule has 0 radical (unpaired) electrons. The number of aromatic nitrogens is 1. The van der Waals surface area contributed by atoms with Crippen LogP contribution in [0.5, 0.6) is 0 Å². The van der Waals surface area contributed by atoms with Crippen molar-refractivity contribution in [2.75, 3.05) is 50.8 Å². The van der Waals surface area contributed by atoms with E-state index in [-0.39, 0.29) is 17.4 Å². The lowest BCUT2D eigenvalue weighted by Crippen LogP contribution is -2.47. The second-order valence-corrected chi connectivity index (χ2v) is 14.6. The van der Waals surface area contributed by atoms with Crippen LogP contribution in [0.1, 0.15) is 113 Å². The number of nitrogens with zero attached hydrogens (tertiary/aromatic N) is 3. The Labute approximate surface area is 273 Å². The molecule has 0 spiro atoms. The second-order valence-electron chi connectivity index (χ2n) is 13.0. The van der Waals surface area contributed by atoms with E-state index in [2.05, 4.69) is 33.9 Å². The maximum absolute atomic E-state index is 12.5. The Kier molecular flexibility index (Phi) is 16.9. The quantitative estimate of drug-likeness (QED) is 0.106. The zero-order chi connectivity index (χ0) is 32.3. The molecule has 0 aliphatic carbocycles. The lowest BCUT2D eigenvalue weighted by Gasteiger charge is -2.36. The van der Waals surface area contributed by atoms with Gasteiger partial charge in [-0.1, -0.05) is 102 Å². The zero-order valence-electron chi connectivity index (χ0n) is 28.1. The van der Waals surface area contributed by atoms with Crippen LogP contribution in [0.25, 0.3) is 0 Å². The van der Waals surface area contributed by atoms with Crippen LogP contribution < -0.4 is 10.2 Å². The molecule has 2 heterocycles. The summed E-state index contributed by atoms with van der Waals surface area (Å²) in [5, 5.41) is 3.05. The summed E-state index contributed by atoms with van der Waals surface area (Å²) >= 11 is 0. The Morgan fingerprint density at radius 1 is 0.800 bits per heavy atom. The summed E-state index contributed by atoms with van der Waals surface area (Å²) < 4.78 is 29.6. The van der Waals surface area contributed by atoms with Gasteiger partial charge in [0.1, 0.15) is 5.82 Å². The van der Waals surface area contributed by atoms with Crippen molar-refractivity contribution >= 4 is 21.8 Å². The summed E-state index contributed by atoms with van der Waals surface area (Å²) in [4.78, 5) is 22.2. The molecule has 1 aromatic heterocycles. The van der Waals surface area contributed by atoms with Crippen molar-refractivity contribution in [1.29, 1.82) is 0 Å². The highest BCUT2D eigenvalue weighted by molar-refractivity contribution is 7.86. The van der Waals surface area contributed by atoms with Crippen molar-refractivity contribution in [3.8, 4) is 0 Å². The Bertz CT molecular complexity index is 1190. The van der Waals surface area contributed by atoms with Gasteiger partial charge in [0, 0.05) is 45.5 Å². The molecule has 1 amide bonds. The molecule has 1 aliphatic heterocycles. The standard InChI is InChI=1S/C36H58N4O4S/c1-31(2)30-39-24-26-40(27-25-39)35-22-19-33(29-38-35)36(41)37-23-15-13-11-9-7-5-4-6-8-10-12-14-16-28-44-45(42,43)34-20-17-32(3)18-21-34/h17-22,29,31H,4-16,23-28,30H2,1-3H3,(H,37,41). The van der Waals surface area contributed by atoms with Gasteiger partial charge in [-0.05, 0) is 49.9 Å². The van der Waals surface area contributed by atoms with Gasteiger partial charge >= 0.3 is 0 Å². The topological polar surface area (TPSA) is 91.8 Å². The highest BCUT2D eigenvalue weighted by Crippen LogP contribution is 2.17. The summed E-state index contributed by atoms with van der Waals surface area (Å²) in [6, 6.07) is 10.7. The van der Waals surface area contributed by atoms with Gasteiger partial charge in [0.15, 0.2) is 0 Å². The third-order valence-corrected chi connectivity index (χ3v) is 9.81. The van der Waals surface area contributed by atoms with Gasteiger partial charge in [-0.15, -0.1) is 0 Å².